The van der Waals surface area contributed by atoms with Gasteiger partial charge in [0.1, 0.15) is 0 Å². The van der Waals surface area contributed by atoms with Crippen molar-refractivity contribution in [2.75, 3.05) is 7.05 Å². The Morgan fingerprint density at radius 3 is 2.60 bits per heavy atom. The second-order valence-corrected chi connectivity index (χ2v) is 2.27. The molecule has 0 aliphatic rings. The van der Waals surface area contributed by atoms with Crippen LogP contribution in [0.4, 0.5) is 0 Å². The van der Waals surface area contributed by atoms with Crippen molar-refractivity contribution in [3.05, 3.63) is 12.4 Å². The van der Waals surface area contributed by atoms with Crippen molar-refractivity contribution in [3.8, 4) is 0 Å². The molecule has 10 heavy (non-hydrogen) atoms. The molecule has 0 saturated heterocycles. The fourth-order valence-corrected chi connectivity index (χ4v) is 0.674. The van der Waals surface area contributed by atoms with Gasteiger partial charge in [0.05, 0.1) is 18.9 Å². The van der Waals surface area contributed by atoms with Gasteiger partial charge in [-0.15, -0.1) is 0 Å². The van der Waals surface area contributed by atoms with Crippen molar-refractivity contribution in [1.29, 1.82) is 0 Å². The van der Waals surface area contributed by atoms with Gasteiger partial charge in [0.2, 0.25) is 0 Å². The van der Waals surface area contributed by atoms with Gasteiger partial charge in [-0.3, -0.25) is 0 Å². The molecule has 0 aromatic carbocycles. The summed E-state index contributed by atoms with van der Waals surface area (Å²) < 4.78 is 0. The molecule has 4 nitrogen and oxygen atoms in total. The van der Waals surface area contributed by atoms with Gasteiger partial charge in [0, 0.05) is 6.04 Å². The first-order valence-corrected chi connectivity index (χ1v) is 3.34. The number of nitrogens with zero attached hydrogens (tertiary/aromatic N) is 3. The summed E-state index contributed by atoms with van der Waals surface area (Å²) in [5, 5.41) is 11.0. The average Bonchev–Trinajstić information content (AvgIpc) is 2.40. The van der Waals surface area contributed by atoms with Gasteiger partial charge >= 0.3 is 0 Å². The number of aromatic nitrogens is 3. The largest absolute Gasteiger partial charge is 0.315 e. The van der Waals surface area contributed by atoms with Gasteiger partial charge in [-0.1, -0.05) is 0 Å². The van der Waals surface area contributed by atoms with Crippen molar-refractivity contribution >= 4 is 0 Å². The Hall–Kier alpha value is -0.900. The summed E-state index contributed by atoms with van der Waals surface area (Å²) >= 11 is 0. The lowest BCUT2D eigenvalue weighted by atomic mass is 10.3. The Bertz CT molecular complexity index is 170. The van der Waals surface area contributed by atoms with Crippen molar-refractivity contribution in [2.45, 2.75) is 19.5 Å². The maximum atomic E-state index is 3.97. The van der Waals surface area contributed by atoms with E-state index in [1.165, 1.54) is 0 Å². The molecular formula is C6H12N4. The summed E-state index contributed by atoms with van der Waals surface area (Å²) in [7, 11) is 1.92. The number of likely N-dealkylation sites (N-methyl/N-ethyl adjacent to an activating group) is 1. The van der Waals surface area contributed by atoms with E-state index in [1.807, 2.05) is 7.05 Å². The third kappa shape index (κ3) is 1.80. The van der Waals surface area contributed by atoms with E-state index in [1.54, 1.807) is 17.2 Å². The van der Waals surface area contributed by atoms with Gasteiger partial charge in [-0.05, 0) is 14.0 Å². The first-order valence-electron chi connectivity index (χ1n) is 3.34. The zero-order chi connectivity index (χ0) is 7.40. The quantitative estimate of drug-likeness (QED) is 0.636. The fourth-order valence-electron chi connectivity index (χ4n) is 0.674. The van der Waals surface area contributed by atoms with Crippen LogP contribution in [0.3, 0.4) is 0 Å². The monoisotopic (exact) mass is 140 g/mol. The lowest BCUT2D eigenvalue weighted by molar-refractivity contribution is 0.440. The Morgan fingerprint density at radius 1 is 1.50 bits per heavy atom. The minimum atomic E-state index is 0.424. The van der Waals surface area contributed by atoms with Crippen molar-refractivity contribution in [1.82, 2.24) is 20.3 Å². The van der Waals surface area contributed by atoms with Crippen LogP contribution in [-0.4, -0.2) is 28.1 Å². The predicted octanol–water partition coefficient (Wildman–Crippen LogP) is -0.114. The molecule has 1 N–H and O–H groups in total. The number of hydrogen-bond acceptors (Lipinski definition) is 3. The van der Waals surface area contributed by atoms with Crippen molar-refractivity contribution in [3.63, 3.8) is 0 Å². The zero-order valence-electron chi connectivity index (χ0n) is 6.28. The molecule has 0 saturated carbocycles. The second kappa shape index (κ2) is 3.31. The minimum absolute atomic E-state index is 0.424. The molecule has 4 heteroatoms. The normalized spacial score (nSPS) is 13.4. The third-order valence-corrected chi connectivity index (χ3v) is 1.40. The Labute approximate surface area is 60.2 Å². The Kier molecular flexibility index (Phi) is 2.39. The highest BCUT2D eigenvalue weighted by Gasteiger charge is 1.98. The standard InChI is InChI=1S/C6H12N4/c1-6(7-2)5-10-8-3-4-9-10/h3-4,6-7H,5H2,1-2H3. The first-order chi connectivity index (χ1) is 4.83. The summed E-state index contributed by atoms with van der Waals surface area (Å²) in [6, 6.07) is 0.424. The highest BCUT2D eigenvalue weighted by atomic mass is 15.5. The fraction of sp³-hybridized carbons (Fsp3) is 0.667. The van der Waals surface area contributed by atoms with Crippen LogP contribution in [0.5, 0.6) is 0 Å². The van der Waals surface area contributed by atoms with Crippen molar-refractivity contribution < 1.29 is 0 Å². The van der Waals surface area contributed by atoms with E-state index in [9.17, 15) is 0 Å². The van der Waals surface area contributed by atoms with Crippen LogP contribution in [0, 0.1) is 0 Å². The topological polar surface area (TPSA) is 42.7 Å². The summed E-state index contributed by atoms with van der Waals surface area (Å²) in [5.41, 5.74) is 0. The van der Waals surface area contributed by atoms with Crippen LogP contribution in [0.25, 0.3) is 0 Å². The van der Waals surface area contributed by atoms with E-state index < -0.39 is 0 Å². The van der Waals surface area contributed by atoms with Crippen LogP contribution in [0.2, 0.25) is 0 Å². The number of rotatable bonds is 3. The van der Waals surface area contributed by atoms with E-state index in [4.69, 9.17) is 0 Å². The van der Waals surface area contributed by atoms with Crippen LogP contribution < -0.4 is 5.32 Å². The Morgan fingerprint density at radius 2 is 2.10 bits per heavy atom. The summed E-state index contributed by atoms with van der Waals surface area (Å²) in [4.78, 5) is 1.67. The van der Waals surface area contributed by atoms with Crippen LogP contribution in [0.1, 0.15) is 6.92 Å². The molecule has 0 aliphatic carbocycles. The van der Waals surface area contributed by atoms with E-state index in [0.29, 0.717) is 6.04 Å². The molecule has 0 aliphatic heterocycles. The molecule has 1 atom stereocenters. The van der Waals surface area contributed by atoms with Crippen LogP contribution in [0.15, 0.2) is 12.4 Å². The third-order valence-electron chi connectivity index (χ3n) is 1.40. The van der Waals surface area contributed by atoms with E-state index in [-0.39, 0.29) is 0 Å². The molecule has 1 aromatic heterocycles. The van der Waals surface area contributed by atoms with Gasteiger partial charge in [0.25, 0.3) is 0 Å². The lowest BCUT2D eigenvalue weighted by Gasteiger charge is -2.07. The SMILES string of the molecule is CNC(C)Cn1nccn1. The summed E-state index contributed by atoms with van der Waals surface area (Å²) in [5.74, 6) is 0. The summed E-state index contributed by atoms with van der Waals surface area (Å²) in [6.07, 6.45) is 3.37. The van der Waals surface area contributed by atoms with Gasteiger partial charge in [0.15, 0.2) is 0 Å². The first kappa shape index (κ1) is 7.21. The average molecular weight is 140 g/mol. The highest BCUT2D eigenvalue weighted by Crippen LogP contribution is 1.84. The minimum Gasteiger partial charge on any atom is -0.315 e. The molecular weight excluding hydrogens is 128 g/mol. The highest BCUT2D eigenvalue weighted by molar-refractivity contribution is 4.62. The number of hydrogen-bond donors (Lipinski definition) is 1. The molecule has 0 bridgehead atoms. The molecule has 0 amide bonds. The molecule has 1 rings (SSSR count). The Balaban J connectivity index is 2.40. The summed E-state index contributed by atoms with van der Waals surface area (Å²) in [6.45, 7) is 2.91. The number of nitrogens with one attached hydrogen (secondary N) is 1. The van der Waals surface area contributed by atoms with Gasteiger partial charge in [-0.2, -0.15) is 15.0 Å². The molecule has 0 fully saturated rings. The van der Waals surface area contributed by atoms with Gasteiger partial charge in [-0.25, -0.2) is 0 Å². The van der Waals surface area contributed by atoms with Crippen LogP contribution in [-0.2, 0) is 6.54 Å². The van der Waals surface area contributed by atoms with E-state index in [0.717, 1.165) is 6.54 Å². The smallest absolute Gasteiger partial charge is 0.0757 e. The van der Waals surface area contributed by atoms with Crippen molar-refractivity contribution in [2.24, 2.45) is 0 Å². The zero-order valence-corrected chi connectivity index (χ0v) is 6.28. The van der Waals surface area contributed by atoms with Gasteiger partial charge < -0.3 is 5.32 Å². The molecule has 0 spiro atoms. The molecule has 0 radical (unpaired) electrons. The van der Waals surface area contributed by atoms with E-state index in [2.05, 4.69) is 22.4 Å². The molecule has 56 valence electrons. The maximum absolute atomic E-state index is 3.97. The lowest BCUT2D eigenvalue weighted by Crippen LogP contribution is -2.27. The second-order valence-electron chi connectivity index (χ2n) is 2.27. The maximum Gasteiger partial charge on any atom is 0.0757 e. The predicted molar refractivity (Wildman–Crippen MR) is 38.5 cm³/mol. The molecule has 1 unspecified atom stereocenters. The molecule has 1 aromatic rings. The van der Waals surface area contributed by atoms with Crippen LogP contribution >= 0.6 is 0 Å². The van der Waals surface area contributed by atoms with E-state index >= 15 is 0 Å². The molecule has 1 heterocycles.